The standard InChI is InChI=1S/C22H19BrClNO3S/c1-2-22(13-12-16-17(22)8-5-10-19(16)24)21(26)25-29(27,28)20-11-4-6-14-15(20)7-3-9-18(14)23/h3-11H,2,12-13H2,1H3,(H,25,26). The Bertz CT molecular complexity index is 1240. The number of benzene rings is 3. The Balaban J connectivity index is 1.76. The van der Waals surface area contributed by atoms with Crippen LogP contribution >= 0.6 is 27.5 Å². The summed E-state index contributed by atoms with van der Waals surface area (Å²) in [7, 11) is -4.05. The molecule has 0 aliphatic heterocycles. The Hall–Kier alpha value is -1.89. The van der Waals surface area contributed by atoms with Crippen LogP contribution in [0.1, 0.15) is 30.9 Å². The van der Waals surface area contributed by atoms with Crippen molar-refractivity contribution >= 4 is 54.2 Å². The number of sulfonamides is 1. The maximum atomic E-state index is 13.3. The number of halogens is 2. The molecule has 0 spiro atoms. The van der Waals surface area contributed by atoms with Crippen molar-refractivity contribution < 1.29 is 13.2 Å². The van der Waals surface area contributed by atoms with Crippen molar-refractivity contribution in [3.05, 3.63) is 75.2 Å². The Morgan fingerprint density at radius 1 is 1.10 bits per heavy atom. The number of hydrogen-bond donors (Lipinski definition) is 1. The summed E-state index contributed by atoms with van der Waals surface area (Å²) < 4.78 is 29.5. The van der Waals surface area contributed by atoms with Crippen LogP contribution in [0.5, 0.6) is 0 Å². The van der Waals surface area contributed by atoms with Crippen LogP contribution in [0.15, 0.2) is 64.0 Å². The first-order valence-electron chi connectivity index (χ1n) is 9.32. The number of nitrogens with one attached hydrogen (secondary N) is 1. The van der Waals surface area contributed by atoms with E-state index in [-0.39, 0.29) is 4.90 Å². The SMILES string of the molecule is CCC1(C(=O)NS(=O)(=O)c2cccc3c(Br)cccc23)CCc2c(Cl)cccc21. The second-order valence-electron chi connectivity index (χ2n) is 7.23. The molecule has 1 atom stereocenters. The zero-order chi connectivity index (χ0) is 20.8. The van der Waals surface area contributed by atoms with E-state index in [1.807, 2.05) is 25.1 Å². The molecule has 0 heterocycles. The lowest BCUT2D eigenvalue weighted by Gasteiger charge is -2.28. The Morgan fingerprint density at radius 2 is 1.79 bits per heavy atom. The van der Waals surface area contributed by atoms with Gasteiger partial charge in [0.1, 0.15) is 0 Å². The van der Waals surface area contributed by atoms with Gasteiger partial charge in [-0.3, -0.25) is 4.79 Å². The molecule has 150 valence electrons. The monoisotopic (exact) mass is 491 g/mol. The van der Waals surface area contributed by atoms with E-state index in [4.69, 9.17) is 11.6 Å². The van der Waals surface area contributed by atoms with Crippen LogP contribution in [0.25, 0.3) is 10.8 Å². The van der Waals surface area contributed by atoms with Crippen molar-refractivity contribution in [3.8, 4) is 0 Å². The molecule has 0 saturated carbocycles. The number of rotatable bonds is 4. The number of amides is 1. The van der Waals surface area contributed by atoms with Crippen molar-refractivity contribution in [2.75, 3.05) is 0 Å². The molecule has 4 rings (SSSR count). The fourth-order valence-corrected chi connectivity index (χ4v) is 6.29. The van der Waals surface area contributed by atoms with Crippen molar-refractivity contribution in [2.24, 2.45) is 0 Å². The van der Waals surface area contributed by atoms with E-state index in [2.05, 4.69) is 20.7 Å². The zero-order valence-electron chi connectivity index (χ0n) is 15.7. The highest BCUT2D eigenvalue weighted by Gasteiger charge is 2.45. The number of carbonyl (C=O) groups excluding carboxylic acids is 1. The third-order valence-electron chi connectivity index (χ3n) is 5.82. The lowest BCUT2D eigenvalue weighted by atomic mass is 9.79. The molecule has 1 aliphatic rings. The van der Waals surface area contributed by atoms with Crippen molar-refractivity contribution in [1.82, 2.24) is 4.72 Å². The highest BCUT2D eigenvalue weighted by Crippen LogP contribution is 2.44. The molecule has 0 aromatic heterocycles. The minimum Gasteiger partial charge on any atom is -0.273 e. The molecule has 0 saturated heterocycles. The van der Waals surface area contributed by atoms with Gasteiger partial charge in [0, 0.05) is 14.9 Å². The van der Waals surface area contributed by atoms with Crippen LogP contribution in [0.4, 0.5) is 0 Å². The molecule has 1 N–H and O–H groups in total. The Kier molecular flexibility index (Phi) is 5.21. The van der Waals surface area contributed by atoms with Crippen LogP contribution < -0.4 is 4.72 Å². The van der Waals surface area contributed by atoms with Crippen LogP contribution in [-0.2, 0) is 26.7 Å². The average Bonchev–Trinajstić information content (AvgIpc) is 3.09. The molecule has 1 unspecified atom stereocenters. The van der Waals surface area contributed by atoms with Gasteiger partial charge in [0.05, 0.1) is 10.3 Å². The minimum atomic E-state index is -4.05. The maximum absolute atomic E-state index is 13.3. The molecular formula is C22H19BrClNO3S. The van der Waals surface area contributed by atoms with Gasteiger partial charge in [-0.15, -0.1) is 0 Å². The van der Waals surface area contributed by atoms with Gasteiger partial charge in [-0.05, 0) is 54.0 Å². The van der Waals surface area contributed by atoms with E-state index in [1.54, 1.807) is 30.3 Å². The van der Waals surface area contributed by atoms with Crippen LogP contribution in [0.2, 0.25) is 5.02 Å². The Morgan fingerprint density at radius 3 is 2.55 bits per heavy atom. The molecule has 3 aromatic carbocycles. The summed E-state index contributed by atoms with van der Waals surface area (Å²) in [4.78, 5) is 13.4. The Labute approximate surface area is 183 Å². The summed E-state index contributed by atoms with van der Waals surface area (Å²) in [5.41, 5.74) is 0.844. The minimum absolute atomic E-state index is 0.0835. The molecule has 4 nitrogen and oxygen atoms in total. The quantitative estimate of drug-likeness (QED) is 0.534. The van der Waals surface area contributed by atoms with E-state index in [1.165, 1.54) is 6.07 Å². The molecule has 1 aliphatic carbocycles. The lowest BCUT2D eigenvalue weighted by Crippen LogP contribution is -2.45. The van der Waals surface area contributed by atoms with Crippen molar-refractivity contribution in [3.63, 3.8) is 0 Å². The first kappa shape index (κ1) is 20.4. The highest BCUT2D eigenvalue weighted by molar-refractivity contribution is 9.10. The van der Waals surface area contributed by atoms with E-state index in [0.29, 0.717) is 29.7 Å². The van der Waals surface area contributed by atoms with E-state index < -0.39 is 21.3 Å². The molecule has 3 aromatic rings. The van der Waals surface area contributed by atoms with Gasteiger partial charge in [0.15, 0.2) is 0 Å². The smallest absolute Gasteiger partial charge is 0.264 e. The number of carbonyl (C=O) groups is 1. The van der Waals surface area contributed by atoms with Gasteiger partial charge in [-0.1, -0.05) is 70.9 Å². The summed E-state index contributed by atoms with van der Waals surface area (Å²) >= 11 is 9.77. The third-order valence-corrected chi connectivity index (χ3v) is 8.25. The fraction of sp³-hybridized carbons (Fsp3) is 0.227. The first-order chi connectivity index (χ1) is 13.8. The van der Waals surface area contributed by atoms with Gasteiger partial charge < -0.3 is 0 Å². The second-order valence-corrected chi connectivity index (χ2v) is 10.1. The topological polar surface area (TPSA) is 63.2 Å². The van der Waals surface area contributed by atoms with E-state index >= 15 is 0 Å². The number of fused-ring (bicyclic) bond motifs is 2. The molecule has 7 heteroatoms. The summed E-state index contributed by atoms with van der Waals surface area (Å²) in [6.45, 7) is 1.90. The molecule has 29 heavy (non-hydrogen) atoms. The van der Waals surface area contributed by atoms with Crippen molar-refractivity contribution in [1.29, 1.82) is 0 Å². The van der Waals surface area contributed by atoms with Gasteiger partial charge in [0.2, 0.25) is 5.91 Å². The predicted octanol–water partition coefficient (Wildman–Crippen LogP) is 5.35. The van der Waals surface area contributed by atoms with Crippen LogP contribution in [-0.4, -0.2) is 14.3 Å². The third kappa shape index (κ3) is 3.27. The lowest BCUT2D eigenvalue weighted by molar-refractivity contribution is -0.125. The summed E-state index contributed by atoms with van der Waals surface area (Å²) in [5, 5.41) is 1.95. The van der Waals surface area contributed by atoms with Gasteiger partial charge in [-0.25, -0.2) is 13.1 Å². The predicted molar refractivity (Wildman–Crippen MR) is 119 cm³/mol. The molecular weight excluding hydrogens is 474 g/mol. The van der Waals surface area contributed by atoms with Crippen LogP contribution in [0, 0.1) is 0 Å². The number of hydrogen-bond acceptors (Lipinski definition) is 3. The van der Waals surface area contributed by atoms with Gasteiger partial charge in [0.25, 0.3) is 10.0 Å². The fourth-order valence-electron chi connectivity index (χ4n) is 4.25. The first-order valence-corrected chi connectivity index (χ1v) is 12.0. The average molecular weight is 493 g/mol. The summed E-state index contributed by atoms with van der Waals surface area (Å²) in [6, 6.07) is 15.9. The van der Waals surface area contributed by atoms with Gasteiger partial charge >= 0.3 is 0 Å². The van der Waals surface area contributed by atoms with E-state index in [0.717, 1.165) is 21.0 Å². The molecule has 1 amide bonds. The van der Waals surface area contributed by atoms with E-state index in [9.17, 15) is 13.2 Å². The highest BCUT2D eigenvalue weighted by atomic mass is 79.9. The maximum Gasteiger partial charge on any atom is 0.264 e. The van der Waals surface area contributed by atoms with Crippen LogP contribution in [0.3, 0.4) is 0 Å². The zero-order valence-corrected chi connectivity index (χ0v) is 18.9. The summed E-state index contributed by atoms with van der Waals surface area (Å²) in [5.74, 6) is -0.506. The molecule has 0 fully saturated rings. The normalized spacial score (nSPS) is 18.6. The van der Waals surface area contributed by atoms with Gasteiger partial charge in [-0.2, -0.15) is 0 Å². The second kappa shape index (κ2) is 7.42. The molecule has 0 bridgehead atoms. The molecule has 0 radical (unpaired) electrons. The largest absolute Gasteiger partial charge is 0.273 e. The summed E-state index contributed by atoms with van der Waals surface area (Å²) in [6.07, 6.45) is 1.67. The van der Waals surface area contributed by atoms with Crippen molar-refractivity contribution in [2.45, 2.75) is 36.5 Å².